The molecular formula is C27H21F4N5O3. The number of nitrogens with zero attached hydrogens (tertiary/aromatic N) is 4. The Morgan fingerprint density at radius 2 is 1.87 bits per heavy atom. The number of nitrogens with two attached hydrogens (primary N) is 1. The molecule has 2 aromatic carbocycles. The molecule has 1 unspecified atom stereocenters. The van der Waals surface area contributed by atoms with Gasteiger partial charge in [0.05, 0.1) is 41.9 Å². The predicted molar refractivity (Wildman–Crippen MR) is 131 cm³/mol. The van der Waals surface area contributed by atoms with Crippen LogP contribution in [0.25, 0.3) is 10.9 Å². The second-order valence-electron chi connectivity index (χ2n) is 9.37. The average Bonchev–Trinajstić information content (AvgIpc) is 3.57. The molecule has 0 radical (unpaired) electrons. The summed E-state index contributed by atoms with van der Waals surface area (Å²) in [6, 6.07) is 5.68. The van der Waals surface area contributed by atoms with Crippen LogP contribution in [0.1, 0.15) is 57.4 Å². The number of ether oxygens (including phenoxy) is 2. The monoisotopic (exact) mass is 539 g/mol. The summed E-state index contributed by atoms with van der Waals surface area (Å²) in [5.74, 6) is -1.02. The van der Waals surface area contributed by atoms with Gasteiger partial charge in [0.25, 0.3) is 5.91 Å². The van der Waals surface area contributed by atoms with E-state index in [1.165, 1.54) is 29.4 Å². The van der Waals surface area contributed by atoms with Crippen molar-refractivity contribution in [2.45, 2.75) is 38.4 Å². The minimum Gasteiger partial charge on any atom is -0.491 e. The standard InChI is InChI=1S/C27H21F4N5O3/c1-13(25-33-5-2-6-34-25)36(22-12-39-23-7-14(27(29,30)31)3-4-15(22)23)26(37)17-8-16-18-10-38-11-19(18)24(32)35-21(16)9-20(17)28/h2-9,13,22H,10-12H2,1H3,(H2,32,35)/t13-,22?/m1/s1. The lowest BCUT2D eigenvalue weighted by Gasteiger charge is -2.33. The second kappa shape index (κ2) is 9.16. The Bertz CT molecular complexity index is 1610. The Morgan fingerprint density at radius 1 is 1.13 bits per heavy atom. The number of carbonyl (C=O) groups is 1. The number of aromatic nitrogens is 3. The van der Waals surface area contributed by atoms with E-state index in [9.17, 15) is 18.0 Å². The number of amides is 1. The SMILES string of the molecule is C[C@H](c1ncccn1)N(C(=O)c1cc2c3c(c(N)nc2cc1F)COC3)C1COc2cc(C(F)(F)F)ccc21. The molecule has 0 saturated carbocycles. The van der Waals surface area contributed by atoms with Crippen molar-refractivity contribution < 1.29 is 31.8 Å². The Morgan fingerprint density at radius 3 is 2.62 bits per heavy atom. The average molecular weight is 539 g/mol. The van der Waals surface area contributed by atoms with Crippen LogP contribution in [0, 0.1) is 5.82 Å². The van der Waals surface area contributed by atoms with Gasteiger partial charge in [0, 0.05) is 35.0 Å². The zero-order chi connectivity index (χ0) is 27.5. The third-order valence-electron chi connectivity index (χ3n) is 7.09. The number of benzene rings is 2. The minimum atomic E-state index is -4.56. The fraction of sp³-hybridized carbons (Fsp3) is 0.259. The quantitative estimate of drug-likeness (QED) is 0.359. The van der Waals surface area contributed by atoms with Crippen molar-refractivity contribution in [2.24, 2.45) is 0 Å². The Hall–Kier alpha value is -4.32. The number of rotatable bonds is 4. The summed E-state index contributed by atoms with van der Waals surface area (Å²) < 4.78 is 66.5. The van der Waals surface area contributed by atoms with Crippen LogP contribution in [0.3, 0.4) is 0 Å². The van der Waals surface area contributed by atoms with Crippen LogP contribution in [-0.2, 0) is 24.1 Å². The van der Waals surface area contributed by atoms with Gasteiger partial charge in [-0.15, -0.1) is 0 Å². The molecule has 39 heavy (non-hydrogen) atoms. The van der Waals surface area contributed by atoms with Crippen molar-refractivity contribution in [2.75, 3.05) is 12.3 Å². The molecule has 8 nitrogen and oxygen atoms in total. The molecule has 2 atom stereocenters. The van der Waals surface area contributed by atoms with Gasteiger partial charge in [-0.25, -0.2) is 19.3 Å². The molecule has 12 heteroatoms. The van der Waals surface area contributed by atoms with Crippen molar-refractivity contribution in [3.05, 3.63) is 88.3 Å². The molecule has 0 bridgehead atoms. The van der Waals surface area contributed by atoms with E-state index in [0.717, 1.165) is 23.8 Å². The van der Waals surface area contributed by atoms with Gasteiger partial charge >= 0.3 is 6.18 Å². The van der Waals surface area contributed by atoms with Crippen molar-refractivity contribution in [1.29, 1.82) is 0 Å². The molecule has 0 saturated heterocycles. The van der Waals surface area contributed by atoms with E-state index >= 15 is 4.39 Å². The van der Waals surface area contributed by atoms with Crippen molar-refractivity contribution >= 4 is 22.6 Å². The molecule has 0 spiro atoms. The Kier molecular flexibility index (Phi) is 5.87. The molecule has 4 heterocycles. The van der Waals surface area contributed by atoms with Crippen LogP contribution in [-0.4, -0.2) is 32.4 Å². The molecule has 2 N–H and O–H groups in total. The van der Waals surface area contributed by atoms with E-state index in [0.29, 0.717) is 16.5 Å². The van der Waals surface area contributed by atoms with Gasteiger partial charge in [-0.05, 0) is 36.8 Å². The zero-order valence-electron chi connectivity index (χ0n) is 20.5. The number of halogens is 4. The van der Waals surface area contributed by atoms with Crippen molar-refractivity contribution in [1.82, 2.24) is 19.9 Å². The molecule has 200 valence electrons. The molecule has 4 aromatic rings. The van der Waals surface area contributed by atoms with Crippen LogP contribution in [0.15, 0.2) is 48.8 Å². The first kappa shape index (κ1) is 25.0. The molecule has 2 aliphatic rings. The second-order valence-corrected chi connectivity index (χ2v) is 9.37. The van der Waals surface area contributed by atoms with Crippen LogP contribution in [0.5, 0.6) is 5.75 Å². The lowest BCUT2D eigenvalue weighted by molar-refractivity contribution is -0.137. The van der Waals surface area contributed by atoms with Crippen molar-refractivity contribution in [3.8, 4) is 5.75 Å². The lowest BCUT2D eigenvalue weighted by Crippen LogP contribution is -2.39. The first-order chi connectivity index (χ1) is 18.6. The van der Waals surface area contributed by atoms with Crippen molar-refractivity contribution in [3.63, 3.8) is 0 Å². The highest BCUT2D eigenvalue weighted by atomic mass is 19.4. The third-order valence-corrected chi connectivity index (χ3v) is 7.09. The Balaban J connectivity index is 1.47. The highest BCUT2D eigenvalue weighted by Gasteiger charge is 2.40. The first-order valence-electron chi connectivity index (χ1n) is 12.0. The number of hydrogen-bond acceptors (Lipinski definition) is 7. The molecule has 1 amide bonds. The fourth-order valence-corrected chi connectivity index (χ4v) is 5.13. The van der Waals surface area contributed by atoms with Gasteiger partial charge in [0.2, 0.25) is 0 Å². The lowest BCUT2D eigenvalue weighted by atomic mass is 9.99. The molecule has 2 aromatic heterocycles. The smallest absolute Gasteiger partial charge is 0.416 e. The number of anilines is 1. The van der Waals surface area contributed by atoms with E-state index in [-0.39, 0.29) is 48.3 Å². The van der Waals surface area contributed by atoms with Crippen LogP contribution < -0.4 is 10.5 Å². The van der Waals surface area contributed by atoms with Gasteiger partial charge in [0.15, 0.2) is 0 Å². The summed E-state index contributed by atoms with van der Waals surface area (Å²) in [6.45, 7) is 2.04. The topological polar surface area (TPSA) is 103 Å². The van der Waals surface area contributed by atoms with Gasteiger partial charge in [-0.1, -0.05) is 6.07 Å². The number of hydrogen-bond donors (Lipinski definition) is 1. The van der Waals surface area contributed by atoms with E-state index in [1.807, 2.05) is 0 Å². The summed E-state index contributed by atoms with van der Waals surface area (Å²) in [5.41, 5.74) is 6.97. The fourth-order valence-electron chi connectivity index (χ4n) is 5.13. The number of alkyl halides is 3. The van der Waals surface area contributed by atoms with Gasteiger partial charge in [-0.3, -0.25) is 4.79 Å². The van der Waals surface area contributed by atoms with Crippen LogP contribution in [0.2, 0.25) is 0 Å². The number of pyridine rings is 1. The maximum atomic E-state index is 15.5. The van der Waals surface area contributed by atoms with E-state index in [4.69, 9.17) is 15.2 Å². The Labute approximate surface area is 219 Å². The van der Waals surface area contributed by atoms with E-state index in [2.05, 4.69) is 15.0 Å². The summed E-state index contributed by atoms with van der Waals surface area (Å²) in [7, 11) is 0. The molecule has 2 aliphatic heterocycles. The maximum Gasteiger partial charge on any atom is 0.416 e. The summed E-state index contributed by atoms with van der Waals surface area (Å²) in [6.07, 6.45) is -1.55. The first-order valence-corrected chi connectivity index (χ1v) is 12.0. The summed E-state index contributed by atoms with van der Waals surface area (Å²) in [4.78, 5) is 28.3. The summed E-state index contributed by atoms with van der Waals surface area (Å²) >= 11 is 0. The van der Waals surface area contributed by atoms with Gasteiger partial charge < -0.3 is 20.1 Å². The number of carbonyl (C=O) groups excluding carboxylic acids is 1. The largest absolute Gasteiger partial charge is 0.491 e. The molecular weight excluding hydrogens is 518 g/mol. The molecule has 6 rings (SSSR count). The minimum absolute atomic E-state index is 0.00225. The molecule has 0 aliphatic carbocycles. The number of nitrogen functional groups attached to an aromatic ring is 1. The van der Waals surface area contributed by atoms with Crippen LogP contribution >= 0.6 is 0 Å². The van der Waals surface area contributed by atoms with E-state index < -0.39 is 35.5 Å². The van der Waals surface area contributed by atoms with Gasteiger partial charge in [0.1, 0.15) is 29.8 Å². The van der Waals surface area contributed by atoms with E-state index in [1.54, 1.807) is 13.0 Å². The highest BCUT2D eigenvalue weighted by Crippen LogP contribution is 2.43. The normalized spacial score (nSPS) is 17.0. The maximum absolute atomic E-state index is 15.5. The number of fused-ring (bicyclic) bond motifs is 4. The third kappa shape index (κ3) is 4.20. The summed E-state index contributed by atoms with van der Waals surface area (Å²) in [5, 5.41) is 0.530. The predicted octanol–water partition coefficient (Wildman–Crippen LogP) is 5.13. The molecule has 0 fully saturated rings. The van der Waals surface area contributed by atoms with Gasteiger partial charge in [-0.2, -0.15) is 13.2 Å². The van der Waals surface area contributed by atoms with Crippen LogP contribution in [0.4, 0.5) is 23.4 Å². The zero-order valence-corrected chi connectivity index (χ0v) is 20.5. The highest BCUT2D eigenvalue weighted by molar-refractivity contribution is 6.00.